The van der Waals surface area contributed by atoms with Crippen LogP contribution in [0.25, 0.3) is 66.8 Å². The Morgan fingerprint density at radius 2 is 1.01 bits per heavy atom. The summed E-state index contributed by atoms with van der Waals surface area (Å²) >= 11 is 0. The van der Waals surface area contributed by atoms with Crippen LogP contribution in [0, 0.1) is 22.7 Å². The van der Waals surface area contributed by atoms with E-state index in [-0.39, 0.29) is 41.9 Å². The van der Waals surface area contributed by atoms with E-state index in [9.17, 15) is 29.7 Å². The van der Waals surface area contributed by atoms with E-state index in [1.54, 1.807) is 52.5 Å². The second-order valence-electron chi connectivity index (χ2n) is 20.8. The highest BCUT2D eigenvalue weighted by Gasteiger charge is 2.27. The summed E-state index contributed by atoms with van der Waals surface area (Å²) in [4.78, 5) is 70.0. The van der Waals surface area contributed by atoms with E-state index in [0.717, 1.165) is 92.8 Å². The zero-order valence-corrected chi connectivity index (χ0v) is 45.0. The number of aliphatic hydroxyl groups excluding tert-OH is 2. The third-order valence-corrected chi connectivity index (χ3v) is 15.6. The van der Waals surface area contributed by atoms with E-state index in [0.29, 0.717) is 98.8 Å². The fourth-order valence-electron chi connectivity index (χ4n) is 10.9. The molecule has 0 spiro atoms. The van der Waals surface area contributed by atoms with Crippen molar-refractivity contribution in [3.05, 3.63) is 144 Å². The van der Waals surface area contributed by atoms with E-state index in [4.69, 9.17) is 24.4 Å². The van der Waals surface area contributed by atoms with Crippen molar-refractivity contribution in [3.63, 3.8) is 0 Å². The summed E-state index contributed by atoms with van der Waals surface area (Å²) in [7, 11) is 0. The van der Waals surface area contributed by atoms with E-state index in [2.05, 4.69) is 37.4 Å². The van der Waals surface area contributed by atoms with Crippen LogP contribution in [-0.2, 0) is 14.3 Å². The lowest BCUT2D eigenvalue weighted by Crippen LogP contribution is -2.48. The number of nitrogens with one attached hydrogen (secondary N) is 3. The minimum Gasteiger partial charge on any atom is -0.489 e. The summed E-state index contributed by atoms with van der Waals surface area (Å²) in [5.74, 6) is 0.424. The molecule has 82 heavy (non-hydrogen) atoms. The third-order valence-electron chi connectivity index (χ3n) is 15.6. The number of nitriles is 2. The Kier molecular flexibility index (Phi) is 16.3. The van der Waals surface area contributed by atoms with Gasteiger partial charge in [0.25, 0.3) is 11.8 Å². The molecular formula is C63H60N10O9. The van der Waals surface area contributed by atoms with Gasteiger partial charge >= 0.3 is 0 Å². The zero-order chi connectivity index (χ0) is 56.7. The topological polar surface area (TPSA) is 263 Å². The van der Waals surface area contributed by atoms with Crippen LogP contribution in [0.15, 0.2) is 122 Å². The van der Waals surface area contributed by atoms with Gasteiger partial charge in [0.15, 0.2) is 0 Å². The number of ether oxygens (including phenoxy) is 3. The second-order valence-corrected chi connectivity index (χ2v) is 20.8. The molecule has 4 aromatic carbocycles. The van der Waals surface area contributed by atoms with Gasteiger partial charge in [0.05, 0.1) is 41.8 Å². The smallest absolute Gasteiger partial charge is 0.253 e. The summed E-state index contributed by atoms with van der Waals surface area (Å²) in [6.45, 7) is 3.84. The number of piperidine rings is 2. The van der Waals surface area contributed by atoms with Crippen LogP contribution in [0.4, 0.5) is 0 Å². The van der Waals surface area contributed by atoms with Crippen molar-refractivity contribution in [1.82, 2.24) is 40.0 Å². The average molecular weight is 1100 g/mol. The largest absolute Gasteiger partial charge is 0.489 e. The minimum atomic E-state index is -0.489. The Morgan fingerprint density at radius 3 is 1.43 bits per heavy atom. The number of aromatic nitrogens is 4. The van der Waals surface area contributed by atoms with Crippen LogP contribution < -0.4 is 14.8 Å². The van der Waals surface area contributed by atoms with Crippen molar-refractivity contribution in [1.29, 1.82) is 10.5 Å². The maximum Gasteiger partial charge on any atom is 0.253 e. The molecule has 0 atom stereocenters. The van der Waals surface area contributed by atoms with Gasteiger partial charge in [-0.15, -0.1) is 0 Å². The number of aliphatic hydroxyl groups is 2. The maximum atomic E-state index is 12.7. The number of rotatable bonds is 13. The summed E-state index contributed by atoms with van der Waals surface area (Å²) < 4.78 is 17.4. The molecule has 8 heterocycles. The Hall–Kier alpha value is -9.40. The van der Waals surface area contributed by atoms with Crippen molar-refractivity contribution in [2.45, 2.75) is 56.8 Å². The molecule has 4 aromatic heterocycles. The number of fused-ring (bicyclic) bond motifs is 2. The Morgan fingerprint density at radius 1 is 0.573 bits per heavy atom. The Labute approximate surface area is 472 Å². The first kappa shape index (κ1) is 54.6. The molecule has 4 saturated heterocycles. The first-order valence-electron chi connectivity index (χ1n) is 27.6. The van der Waals surface area contributed by atoms with Gasteiger partial charge in [0.2, 0.25) is 11.8 Å². The second kappa shape index (κ2) is 24.5. The predicted octanol–water partition coefficient (Wildman–Crippen LogP) is 7.63. The van der Waals surface area contributed by atoms with Crippen LogP contribution in [0.2, 0.25) is 0 Å². The Balaban J connectivity index is 0.000000172. The lowest BCUT2D eigenvalue weighted by Gasteiger charge is -2.32. The molecule has 4 aliphatic rings. The standard InChI is InChI=1S/C32H31N5O4.C31H29N5O5/c33-19-24-17-23(7-8-29(24)41-25-10-15-36(16-11-25)30(39)20-38)31-26-18-28(35-27(26)9-12-34-31)21-3-5-22(6-4-21)32(40)37-13-1-2-14-37;32-15-22-13-21(5-6-28(22)41-24-8-11-36(12-9-24)29(38)16-37)30-25-14-27(35-26(25)7-10-33-30)19-1-3-20(4-2-19)31(39)34-23-17-40-18-23/h3-9,12,17-18,25,35,38H,1-2,10-11,13-16,20H2;1-7,10,13-14,23-24,35,37H,8-9,11-12,16-18H2,(H,34,39). The van der Waals surface area contributed by atoms with Crippen LogP contribution in [0.1, 0.15) is 70.4 Å². The number of carbonyl (C=O) groups is 4. The summed E-state index contributed by atoms with van der Waals surface area (Å²) in [5.41, 5.74) is 10.7. The molecule has 0 unspecified atom stereocenters. The number of pyridine rings is 2. The highest BCUT2D eigenvalue weighted by Crippen LogP contribution is 2.36. The fourth-order valence-corrected chi connectivity index (χ4v) is 10.9. The number of carbonyl (C=O) groups excluding carboxylic acids is 4. The van der Waals surface area contributed by atoms with E-state index >= 15 is 0 Å². The number of H-pyrrole nitrogens is 2. The zero-order valence-electron chi connectivity index (χ0n) is 45.0. The molecule has 0 bridgehead atoms. The van der Waals surface area contributed by atoms with Crippen molar-refractivity contribution in [2.75, 3.05) is 65.7 Å². The van der Waals surface area contributed by atoms with Crippen LogP contribution in [0.3, 0.4) is 0 Å². The molecule has 4 amide bonds. The number of aromatic amines is 2. The van der Waals surface area contributed by atoms with Crippen LogP contribution in [0.5, 0.6) is 11.5 Å². The summed E-state index contributed by atoms with van der Waals surface area (Å²) in [6.07, 6.45) is 7.92. The maximum absolute atomic E-state index is 12.7. The van der Waals surface area contributed by atoms with Gasteiger partial charge in [-0.05, 0) is 109 Å². The predicted molar refractivity (Wildman–Crippen MR) is 305 cm³/mol. The highest BCUT2D eigenvalue weighted by atomic mass is 16.5. The van der Waals surface area contributed by atoms with Crippen LogP contribution >= 0.6 is 0 Å². The Bertz CT molecular complexity index is 3740. The average Bonchev–Trinajstić information content (AvgIpc) is 4.35. The molecule has 19 heteroatoms. The van der Waals surface area contributed by atoms with Gasteiger partial charge in [-0.2, -0.15) is 10.5 Å². The van der Waals surface area contributed by atoms with Gasteiger partial charge < -0.3 is 54.4 Å². The first-order valence-corrected chi connectivity index (χ1v) is 27.6. The lowest BCUT2D eigenvalue weighted by molar-refractivity contribution is -0.136. The number of hydrogen-bond donors (Lipinski definition) is 5. The molecule has 0 aliphatic carbocycles. The van der Waals surface area contributed by atoms with Gasteiger partial charge in [-0.1, -0.05) is 24.3 Å². The van der Waals surface area contributed by atoms with E-state index in [1.165, 1.54) is 0 Å². The number of amides is 4. The van der Waals surface area contributed by atoms with Crippen molar-refractivity contribution < 1.29 is 43.6 Å². The normalized spacial score (nSPS) is 15.7. The molecule has 0 radical (unpaired) electrons. The van der Waals surface area contributed by atoms with Crippen molar-refractivity contribution in [3.8, 4) is 68.7 Å². The molecule has 8 aromatic rings. The number of nitrogens with zero attached hydrogens (tertiary/aromatic N) is 7. The fraction of sp³-hybridized carbons (Fsp3) is 0.302. The first-order chi connectivity index (χ1) is 40.1. The molecule has 416 valence electrons. The monoisotopic (exact) mass is 1100 g/mol. The van der Waals surface area contributed by atoms with Gasteiger partial charge in [0.1, 0.15) is 49.1 Å². The van der Waals surface area contributed by atoms with Crippen molar-refractivity contribution in [2.24, 2.45) is 0 Å². The highest BCUT2D eigenvalue weighted by molar-refractivity contribution is 5.99. The molecule has 4 fully saturated rings. The molecule has 12 rings (SSSR count). The minimum absolute atomic E-state index is 0.0755. The van der Waals surface area contributed by atoms with Crippen LogP contribution in [-0.4, -0.2) is 152 Å². The SMILES string of the molecule is N#Cc1cc(-c2nccc3[nH]c(-c4ccc(C(=O)N5CCCC5)cc4)cc23)ccc1OC1CCN(C(=O)CO)CC1.N#Cc1cc(-c2nccc3[nH]c(-c4ccc(C(=O)NC5COC5)cc4)cc23)ccc1OC1CCN(C(=O)CO)CC1. The van der Waals surface area contributed by atoms with Gasteiger partial charge in [-0.3, -0.25) is 29.1 Å². The van der Waals surface area contributed by atoms with E-state index in [1.807, 2.05) is 83.8 Å². The number of benzene rings is 4. The third kappa shape index (κ3) is 11.9. The van der Waals surface area contributed by atoms with E-state index < -0.39 is 13.2 Å². The van der Waals surface area contributed by atoms with Crippen molar-refractivity contribution >= 4 is 45.4 Å². The molecule has 5 N–H and O–H groups in total. The number of hydrogen-bond acceptors (Lipinski definition) is 13. The van der Waals surface area contributed by atoms with Gasteiger partial charge in [-0.25, -0.2) is 0 Å². The number of likely N-dealkylation sites (tertiary alicyclic amines) is 3. The summed E-state index contributed by atoms with van der Waals surface area (Å²) in [5, 5.41) is 42.7. The summed E-state index contributed by atoms with van der Waals surface area (Å²) in [6, 6.07) is 38.6. The van der Waals surface area contributed by atoms with Gasteiger partial charge in [0, 0.05) is 133 Å². The molecule has 19 nitrogen and oxygen atoms in total. The lowest BCUT2D eigenvalue weighted by atomic mass is 10.0. The molecule has 4 aliphatic heterocycles. The molecule has 0 saturated carbocycles. The molecular weight excluding hydrogens is 1040 g/mol. The quantitative estimate of drug-likeness (QED) is 0.0745.